The number of nitrogens with one attached hydrogen (secondary N) is 1. The summed E-state index contributed by atoms with van der Waals surface area (Å²) in [6.07, 6.45) is 11.8. The lowest BCUT2D eigenvalue weighted by Gasteiger charge is -2.57. The first kappa shape index (κ1) is 18.3. The second-order valence-electron chi connectivity index (χ2n) is 10.7. The van der Waals surface area contributed by atoms with Gasteiger partial charge < -0.3 is 10.2 Å². The van der Waals surface area contributed by atoms with E-state index >= 15 is 0 Å². The smallest absolute Gasteiger partial charge is 0.317 e. The van der Waals surface area contributed by atoms with E-state index in [4.69, 9.17) is 0 Å². The molecule has 4 aliphatic carbocycles. The van der Waals surface area contributed by atoms with E-state index in [0.717, 1.165) is 63.1 Å². The Labute approximate surface area is 163 Å². The van der Waals surface area contributed by atoms with E-state index in [1.165, 1.54) is 38.5 Å². The van der Waals surface area contributed by atoms with Crippen LogP contribution < -0.4 is 5.32 Å². The van der Waals surface area contributed by atoms with Gasteiger partial charge in [0.15, 0.2) is 0 Å². The largest absolute Gasteiger partial charge is 0.337 e. The van der Waals surface area contributed by atoms with E-state index in [9.17, 15) is 13.2 Å². The Morgan fingerprint density at radius 3 is 1.93 bits per heavy atom. The number of urea groups is 1. The molecule has 0 aromatic rings. The number of likely N-dealkylation sites (tertiary alicyclic amines) is 1. The average Bonchev–Trinajstić information content (AvgIpc) is 2.62. The third-order valence-electron chi connectivity index (χ3n) is 8.78. The minimum Gasteiger partial charge on any atom is -0.337 e. The molecule has 6 fully saturated rings. The molecule has 27 heavy (non-hydrogen) atoms. The van der Waals surface area contributed by atoms with E-state index in [1.807, 2.05) is 4.90 Å². The average molecular weight is 395 g/mol. The van der Waals surface area contributed by atoms with Crippen LogP contribution in [0.15, 0.2) is 0 Å². The molecule has 0 unspecified atom stereocenters. The van der Waals surface area contributed by atoms with Crippen molar-refractivity contribution < 1.29 is 13.2 Å². The fourth-order valence-corrected chi connectivity index (χ4v) is 9.23. The van der Waals surface area contributed by atoms with Crippen LogP contribution in [-0.2, 0) is 9.84 Å². The van der Waals surface area contributed by atoms with E-state index in [2.05, 4.69) is 5.32 Å². The lowest BCUT2D eigenvalue weighted by molar-refractivity contribution is -0.0504. The van der Waals surface area contributed by atoms with Gasteiger partial charge in [-0.1, -0.05) is 0 Å². The van der Waals surface area contributed by atoms with Crippen LogP contribution in [0.3, 0.4) is 0 Å². The van der Waals surface area contributed by atoms with Gasteiger partial charge in [-0.3, -0.25) is 0 Å². The van der Waals surface area contributed by atoms with Crippen LogP contribution in [-0.4, -0.2) is 50.5 Å². The van der Waals surface area contributed by atoms with Crippen molar-refractivity contribution in [3.8, 4) is 0 Å². The molecule has 5 nitrogen and oxygen atoms in total. The summed E-state index contributed by atoms with van der Waals surface area (Å²) in [5.74, 6) is 3.44. The maximum atomic E-state index is 12.8. The van der Waals surface area contributed by atoms with Gasteiger partial charge >= 0.3 is 6.03 Å². The third-order valence-corrected chi connectivity index (χ3v) is 10.4. The monoisotopic (exact) mass is 394 g/mol. The predicted octanol–water partition coefficient (Wildman–Crippen LogP) is 3.20. The van der Waals surface area contributed by atoms with E-state index < -0.39 is 9.84 Å². The molecule has 1 N–H and O–H groups in total. The van der Waals surface area contributed by atoms with Crippen molar-refractivity contribution in [1.82, 2.24) is 10.2 Å². The van der Waals surface area contributed by atoms with Crippen molar-refractivity contribution in [2.24, 2.45) is 28.6 Å². The minimum atomic E-state index is -2.81. The van der Waals surface area contributed by atoms with Crippen molar-refractivity contribution in [3.05, 3.63) is 0 Å². The van der Waals surface area contributed by atoms with Crippen molar-refractivity contribution in [2.75, 3.05) is 31.1 Å². The number of hydrogen-bond acceptors (Lipinski definition) is 3. The molecule has 6 aliphatic rings. The molecule has 2 amide bonds. The molecule has 0 aromatic carbocycles. The Hall–Kier alpha value is -0.780. The Balaban J connectivity index is 1.13. The number of nitrogens with zero attached hydrogens (tertiary/aromatic N) is 1. The number of carbonyl (C=O) groups is 1. The Morgan fingerprint density at radius 1 is 0.889 bits per heavy atom. The van der Waals surface area contributed by atoms with Crippen LogP contribution in [0, 0.1) is 28.6 Å². The molecular formula is C21H34N2O3S. The maximum absolute atomic E-state index is 12.8. The van der Waals surface area contributed by atoms with Crippen molar-refractivity contribution >= 4 is 15.9 Å². The van der Waals surface area contributed by atoms with Crippen molar-refractivity contribution in [1.29, 1.82) is 0 Å². The molecule has 0 atom stereocenters. The molecule has 6 rings (SSSR count). The molecule has 0 aromatic heterocycles. The van der Waals surface area contributed by atoms with Gasteiger partial charge in [-0.25, -0.2) is 13.2 Å². The summed E-state index contributed by atoms with van der Waals surface area (Å²) in [4.78, 5) is 14.8. The zero-order valence-corrected chi connectivity index (χ0v) is 17.2. The first-order valence-corrected chi connectivity index (χ1v) is 12.9. The predicted molar refractivity (Wildman–Crippen MR) is 105 cm³/mol. The summed E-state index contributed by atoms with van der Waals surface area (Å²) in [5, 5.41) is 3.30. The third kappa shape index (κ3) is 3.51. The summed E-state index contributed by atoms with van der Waals surface area (Å²) in [7, 11) is -2.81. The van der Waals surface area contributed by atoms with Crippen molar-refractivity contribution in [2.45, 2.75) is 64.2 Å². The van der Waals surface area contributed by atoms with Gasteiger partial charge in [0.25, 0.3) is 0 Å². The van der Waals surface area contributed by atoms with Gasteiger partial charge in [-0.2, -0.15) is 0 Å². The summed E-state index contributed by atoms with van der Waals surface area (Å²) >= 11 is 0. The highest BCUT2D eigenvalue weighted by Gasteiger charge is 2.51. The van der Waals surface area contributed by atoms with Gasteiger partial charge in [0, 0.05) is 19.6 Å². The molecule has 6 heteroatoms. The molecule has 2 aliphatic heterocycles. The quantitative estimate of drug-likeness (QED) is 0.782. The van der Waals surface area contributed by atoms with E-state index in [1.54, 1.807) is 0 Å². The van der Waals surface area contributed by atoms with Crippen LogP contribution in [0.25, 0.3) is 0 Å². The molecule has 1 spiro atoms. The highest BCUT2D eigenvalue weighted by molar-refractivity contribution is 7.91. The topological polar surface area (TPSA) is 66.5 Å². The number of amides is 2. The second-order valence-corrected chi connectivity index (χ2v) is 13.0. The first-order chi connectivity index (χ1) is 12.8. The molecule has 152 valence electrons. The fraction of sp³-hybridized carbons (Fsp3) is 0.952. The van der Waals surface area contributed by atoms with E-state index in [0.29, 0.717) is 16.9 Å². The number of sulfone groups is 1. The lowest BCUT2D eigenvalue weighted by Crippen LogP contribution is -2.54. The summed E-state index contributed by atoms with van der Waals surface area (Å²) in [5.41, 5.74) is 0.557. The van der Waals surface area contributed by atoms with Crippen LogP contribution in [0.4, 0.5) is 4.79 Å². The standard InChI is InChI=1S/C21H34N2O3S/c24-19(22-15-21-12-16-9-17(13-21)11-18(10-16)14-21)23-5-1-20(2-6-23)3-7-27(25,26)8-4-20/h16-18H,1-15H2,(H,22,24). The van der Waals surface area contributed by atoms with E-state index in [-0.39, 0.29) is 11.4 Å². The molecule has 2 heterocycles. The zero-order valence-electron chi connectivity index (χ0n) is 16.4. The Bertz CT molecular complexity index is 658. The number of rotatable bonds is 2. The zero-order chi connectivity index (χ0) is 18.7. The number of hydrogen-bond donors (Lipinski definition) is 1. The fourth-order valence-electron chi connectivity index (χ4n) is 7.54. The van der Waals surface area contributed by atoms with Gasteiger partial charge in [0.2, 0.25) is 0 Å². The summed E-state index contributed by atoms with van der Waals surface area (Å²) in [6, 6.07) is 0.115. The molecular weight excluding hydrogens is 360 g/mol. The molecule has 4 saturated carbocycles. The summed E-state index contributed by atoms with van der Waals surface area (Å²) in [6.45, 7) is 2.44. The molecule has 0 radical (unpaired) electrons. The van der Waals surface area contributed by atoms with Gasteiger partial charge in [0.1, 0.15) is 9.84 Å². The SMILES string of the molecule is O=C(NCC12CC3CC(CC(C3)C1)C2)N1CCC2(CC1)CCS(=O)(=O)CC2. The van der Waals surface area contributed by atoms with Crippen LogP contribution in [0.5, 0.6) is 0 Å². The van der Waals surface area contributed by atoms with Gasteiger partial charge in [-0.15, -0.1) is 0 Å². The first-order valence-electron chi connectivity index (χ1n) is 11.1. The van der Waals surface area contributed by atoms with Crippen LogP contribution in [0.1, 0.15) is 64.2 Å². The lowest BCUT2D eigenvalue weighted by atomic mass is 9.49. The second kappa shape index (κ2) is 6.36. The van der Waals surface area contributed by atoms with Crippen LogP contribution in [0.2, 0.25) is 0 Å². The van der Waals surface area contributed by atoms with Crippen LogP contribution >= 0.6 is 0 Å². The summed E-state index contributed by atoms with van der Waals surface area (Å²) < 4.78 is 23.4. The number of carbonyl (C=O) groups excluding carboxylic acids is 1. The normalized spacial score (nSPS) is 41.6. The molecule has 4 bridgehead atoms. The van der Waals surface area contributed by atoms with Gasteiger partial charge in [0.05, 0.1) is 11.5 Å². The highest BCUT2D eigenvalue weighted by atomic mass is 32.2. The highest BCUT2D eigenvalue weighted by Crippen LogP contribution is 2.59. The Kier molecular flexibility index (Phi) is 4.30. The maximum Gasteiger partial charge on any atom is 0.317 e. The Morgan fingerprint density at radius 2 is 1.41 bits per heavy atom. The minimum absolute atomic E-state index is 0.115. The van der Waals surface area contributed by atoms with Gasteiger partial charge in [-0.05, 0) is 92.8 Å². The van der Waals surface area contributed by atoms with Crippen molar-refractivity contribution in [3.63, 3.8) is 0 Å². The number of piperidine rings is 1. The molecule has 2 saturated heterocycles.